The summed E-state index contributed by atoms with van der Waals surface area (Å²) in [7, 11) is 0. The number of hydrogen-bond acceptors (Lipinski definition) is 3. The maximum atomic E-state index is 11.8. The number of carboxylic acid groups (broad SMARTS) is 1. The van der Waals surface area contributed by atoms with Gasteiger partial charge in [0.15, 0.2) is 0 Å². The summed E-state index contributed by atoms with van der Waals surface area (Å²) < 4.78 is 5.56. The van der Waals surface area contributed by atoms with Gasteiger partial charge in [-0.1, -0.05) is 26.3 Å². The smallest absolute Gasteiger partial charge is 0.326 e. The first-order chi connectivity index (χ1) is 10.3. The molecular formula is C17H25NO4. The van der Waals surface area contributed by atoms with E-state index in [0.717, 1.165) is 16.9 Å². The second-order valence-corrected chi connectivity index (χ2v) is 5.69. The Morgan fingerprint density at radius 2 is 1.82 bits per heavy atom. The predicted octanol–water partition coefficient (Wildman–Crippen LogP) is 2.69. The Balaban J connectivity index is 2.47. The van der Waals surface area contributed by atoms with Crippen molar-refractivity contribution in [3.63, 3.8) is 0 Å². The highest BCUT2D eigenvalue weighted by molar-refractivity contribution is 5.83. The van der Waals surface area contributed by atoms with Crippen molar-refractivity contribution in [2.45, 2.75) is 46.6 Å². The van der Waals surface area contributed by atoms with E-state index >= 15 is 0 Å². The summed E-state index contributed by atoms with van der Waals surface area (Å²) in [5.41, 5.74) is 2.20. The molecular weight excluding hydrogens is 282 g/mol. The first kappa shape index (κ1) is 18.0. The van der Waals surface area contributed by atoms with E-state index in [1.807, 2.05) is 45.9 Å². The minimum absolute atomic E-state index is 0.109. The van der Waals surface area contributed by atoms with Crippen molar-refractivity contribution in [1.82, 2.24) is 5.32 Å². The van der Waals surface area contributed by atoms with Gasteiger partial charge in [-0.2, -0.15) is 0 Å². The van der Waals surface area contributed by atoms with Gasteiger partial charge in [-0.05, 0) is 43.0 Å². The Morgan fingerprint density at radius 1 is 1.23 bits per heavy atom. The molecule has 1 rings (SSSR count). The van der Waals surface area contributed by atoms with Crippen molar-refractivity contribution >= 4 is 11.9 Å². The average molecular weight is 307 g/mol. The van der Waals surface area contributed by atoms with Crippen LogP contribution in [0.4, 0.5) is 0 Å². The molecule has 2 atom stereocenters. The lowest BCUT2D eigenvalue weighted by Gasteiger charge is -2.20. The molecule has 0 heterocycles. The van der Waals surface area contributed by atoms with Crippen LogP contribution in [-0.4, -0.2) is 29.6 Å². The minimum Gasteiger partial charge on any atom is -0.493 e. The third-order valence-electron chi connectivity index (χ3n) is 3.59. The number of ether oxygens (including phenoxy) is 1. The van der Waals surface area contributed by atoms with Gasteiger partial charge in [0.05, 0.1) is 13.0 Å². The van der Waals surface area contributed by atoms with E-state index < -0.39 is 12.0 Å². The van der Waals surface area contributed by atoms with Gasteiger partial charge < -0.3 is 15.2 Å². The maximum Gasteiger partial charge on any atom is 0.326 e. The lowest BCUT2D eigenvalue weighted by molar-refractivity contribution is -0.143. The molecule has 0 bridgehead atoms. The molecule has 0 saturated carbocycles. The molecule has 0 fully saturated rings. The second-order valence-electron chi connectivity index (χ2n) is 5.69. The number of amides is 1. The predicted molar refractivity (Wildman–Crippen MR) is 85.0 cm³/mol. The summed E-state index contributed by atoms with van der Waals surface area (Å²) in [5.74, 6) is -0.696. The number of aryl methyl sites for hydroxylation is 2. The van der Waals surface area contributed by atoms with E-state index in [9.17, 15) is 9.59 Å². The second kappa shape index (κ2) is 8.41. The molecule has 0 spiro atoms. The van der Waals surface area contributed by atoms with E-state index in [1.165, 1.54) is 0 Å². The highest BCUT2D eigenvalue weighted by atomic mass is 16.5. The van der Waals surface area contributed by atoms with Crippen molar-refractivity contribution in [2.75, 3.05) is 6.61 Å². The molecule has 0 aliphatic rings. The van der Waals surface area contributed by atoms with Crippen molar-refractivity contribution in [2.24, 2.45) is 5.92 Å². The number of rotatable bonds is 8. The van der Waals surface area contributed by atoms with Gasteiger partial charge in [-0.15, -0.1) is 0 Å². The van der Waals surface area contributed by atoms with E-state index in [2.05, 4.69) is 5.32 Å². The number of benzene rings is 1. The highest BCUT2D eigenvalue weighted by Crippen LogP contribution is 2.16. The molecule has 5 heteroatoms. The molecule has 5 nitrogen and oxygen atoms in total. The van der Waals surface area contributed by atoms with Gasteiger partial charge in [0.1, 0.15) is 11.8 Å². The quantitative estimate of drug-likeness (QED) is 0.774. The van der Waals surface area contributed by atoms with Gasteiger partial charge in [0, 0.05) is 0 Å². The Kier molecular flexibility index (Phi) is 6.89. The zero-order valence-electron chi connectivity index (χ0n) is 13.7. The SMILES string of the molecule is CCC(C)C(NC(=O)CCOc1cc(C)cc(C)c1)C(=O)O. The van der Waals surface area contributed by atoms with Gasteiger partial charge in [-0.3, -0.25) is 4.79 Å². The molecule has 2 unspecified atom stereocenters. The van der Waals surface area contributed by atoms with E-state index in [-0.39, 0.29) is 24.9 Å². The van der Waals surface area contributed by atoms with Gasteiger partial charge in [0.2, 0.25) is 5.91 Å². The Morgan fingerprint density at radius 3 is 2.32 bits per heavy atom. The summed E-state index contributed by atoms with van der Waals surface area (Å²) in [6.45, 7) is 7.90. The van der Waals surface area contributed by atoms with Gasteiger partial charge in [-0.25, -0.2) is 4.79 Å². The summed E-state index contributed by atoms with van der Waals surface area (Å²) in [5, 5.41) is 11.7. The van der Waals surface area contributed by atoms with Crippen LogP contribution in [0, 0.1) is 19.8 Å². The van der Waals surface area contributed by atoms with Crippen LogP contribution in [0.1, 0.15) is 37.8 Å². The molecule has 1 aromatic carbocycles. The van der Waals surface area contributed by atoms with Crippen molar-refractivity contribution in [3.05, 3.63) is 29.3 Å². The van der Waals surface area contributed by atoms with Gasteiger partial charge >= 0.3 is 5.97 Å². The fraction of sp³-hybridized carbons (Fsp3) is 0.529. The lowest BCUT2D eigenvalue weighted by atomic mass is 9.99. The van der Waals surface area contributed by atoms with Crippen molar-refractivity contribution in [1.29, 1.82) is 0 Å². The van der Waals surface area contributed by atoms with Crippen LogP contribution in [0.25, 0.3) is 0 Å². The van der Waals surface area contributed by atoms with Crippen LogP contribution in [0.3, 0.4) is 0 Å². The summed E-state index contributed by atoms with van der Waals surface area (Å²) in [6.07, 6.45) is 0.823. The molecule has 122 valence electrons. The standard InChI is InChI=1S/C17H25NO4/c1-5-13(4)16(17(20)21)18-15(19)6-7-22-14-9-11(2)8-12(3)10-14/h8-10,13,16H,5-7H2,1-4H3,(H,18,19)(H,20,21). The third-order valence-corrected chi connectivity index (χ3v) is 3.59. The van der Waals surface area contributed by atoms with E-state index in [4.69, 9.17) is 9.84 Å². The number of nitrogens with one attached hydrogen (secondary N) is 1. The summed E-state index contributed by atoms with van der Waals surface area (Å²) in [6, 6.07) is 5.01. The first-order valence-electron chi connectivity index (χ1n) is 7.56. The number of hydrogen-bond donors (Lipinski definition) is 2. The number of aliphatic carboxylic acids is 1. The number of carbonyl (C=O) groups is 2. The van der Waals surface area contributed by atoms with Crippen LogP contribution in [0.15, 0.2) is 18.2 Å². The van der Waals surface area contributed by atoms with E-state index in [0.29, 0.717) is 6.42 Å². The van der Waals surface area contributed by atoms with Crippen LogP contribution in [0.2, 0.25) is 0 Å². The average Bonchev–Trinajstić information content (AvgIpc) is 2.42. The normalized spacial score (nSPS) is 13.3. The monoisotopic (exact) mass is 307 g/mol. The van der Waals surface area contributed by atoms with Crippen LogP contribution >= 0.6 is 0 Å². The van der Waals surface area contributed by atoms with E-state index in [1.54, 1.807) is 0 Å². The number of carbonyl (C=O) groups excluding carboxylic acids is 1. The number of carboxylic acids is 1. The molecule has 0 radical (unpaired) electrons. The van der Waals surface area contributed by atoms with Gasteiger partial charge in [0.25, 0.3) is 0 Å². The minimum atomic E-state index is -1.00. The molecule has 1 amide bonds. The zero-order chi connectivity index (χ0) is 16.7. The Hall–Kier alpha value is -2.04. The van der Waals surface area contributed by atoms with Crippen LogP contribution in [-0.2, 0) is 9.59 Å². The van der Waals surface area contributed by atoms with Crippen molar-refractivity contribution in [3.8, 4) is 5.75 Å². The fourth-order valence-corrected chi connectivity index (χ4v) is 2.21. The zero-order valence-corrected chi connectivity index (χ0v) is 13.7. The Bertz CT molecular complexity index is 507. The molecule has 0 aromatic heterocycles. The topological polar surface area (TPSA) is 75.6 Å². The molecule has 22 heavy (non-hydrogen) atoms. The van der Waals surface area contributed by atoms with Crippen LogP contribution < -0.4 is 10.1 Å². The van der Waals surface area contributed by atoms with Crippen LogP contribution in [0.5, 0.6) is 5.75 Å². The largest absolute Gasteiger partial charge is 0.493 e. The lowest BCUT2D eigenvalue weighted by Crippen LogP contribution is -2.45. The molecule has 2 N–H and O–H groups in total. The third kappa shape index (κ3) is 5.76. The molecule has 0 saturated heterocycles. The highest BCUT2D eigenvalue weighted by Gasteiger charge is 2.24. The Labute approximate surface area is 131 Å². The molecule has 1 aromatic rings. The first-order valence-corrected chi connectivity index (χ1v) is 7.56. The molecule has 0 aliphatic heterocycles. The fourth-order valence-electron chi connectivity index (χ4n) is 2.21. The summed E-state index contributed by atoms with van der Waals surface area (Å²) in [4.78, 5) is 23.0. The van der Waals surface area contributed by atoms with Crippen molar-refractivity contribution < 1.29 is 19.4 Å². The summed E-state index contributed by atoms with van der Waals surface area (Å²) >= 11 is 0. The molecule has 0 aliphatic carbocycles. The maximum absolute atomic E-state index is 11.8.